The molecule has 0 aliphatic heterocycles. The number of amides is 1. The number of nitrogens with one attached hydrogen (secondary N) is 1. The van der Waals surface area contributed by atoms with Crippen LogP contribution in [0.4, 0.5) is 5.69 Å². The number of ether oxygens (including phenoxy) is 1. The first-order valence-electron chi connectivity index (χ1n) is 9.58. The van der Waals surface area contributed by atoms with E-state index in [0.29, 0.717) is 34.0 Å². The maximum atomic E-state index is 12.4. The van der Waals surface area contributed by atoms with E-state index in [4.69, 9.17) is 20.8 Å². The van der Waals surface area contributed by atoms with Gasteiger partial charge in [0.15, 0.2) is 11.0 Å². The summed E-state index contributed by atoms with van der Waals surface area (Å²) in [4.78, 5) is 12.4. The molecule has 1 amide bonds. The van der Waals surface area contributed by atoms with Gasteiger partial charge in [-0.25, -0.2) is 0 Å². The van der Waals surface area contributed by atoms with Crippen LogP contribution in [0.25, 0.3) is 0 Å². The number of carbonyl (C=O) groups excluding carboxylic acids is 1. The Kier molecular flexibility index (Phi) is 7.51. The van der Waals surface area contributed by atoms with Crippen LogP contribution in [-0.4, -0.2) is 26.4 Å². The third-order valence-corrected chi connectivity index (χ3v) is 6.26. The Balaban J connectivity index is 1.45. The lowest BCUT2D eigenvalue weighted by atomic mass is 10.3. The van der Waals surface area contributed by atoms with Crippen LogP contribution in [0.2, 0.25) is 5.02 Å². The lowest BCUT2D eigenvalue weighted by Gasteiger charge is -2.10. The minimum Gasteiger partial charge on any atom is -0.486 e. The van der Waals surface area contributed by atoms with E-state index in [2.05, 4.69) is 31.4 Å². The van der Waals surface area contributed by atoms with E-state index in [9.17, 15) is 4.79 Å². The molecule has 1 N–H and O–H groups in total. The summed E-state index contributed by atoms with van der Waals surface area (Å²) in [6, 6.07) is 18.2. The number of furan rings is 1. The molecule has 0 unspecified atom stereocenters. The van der Waals surface area contributed by atoms with Gasteiger partial charge in [0.05, 0.1) is 24.2 Å². The number of benzene rings is 2. The van der Waals surface area contributed by atoms with Crippen molar-refractivity contribution in [3.05, 3.63) is 88.0 Å². The molecule has 0 radical (unpaired) electrons. The second kappa shape index (κ2) is 10.7. The maximum absolute atomic E-state index is 12.4. The molecule has 0 fully saturated rings. The highest BCUT2D eigenvalue weighted by Gasteiger charge is 2.17. The van der Waals surface area contributed by atoms with Crippen molar-refractivity contribution in [2.45, 2.75) is 18.3 Å². The summed E-state index contributed by atoms with van der Waals surface area (Å²) in [7, 11) is 0. The average molecular weight is 534 g/mol. The summed E-state index contributed by atoms with van der Waals surface area (Å²) < 4.78 is 14.0. The van der Waals surface area contributed by atoms with E-state index < -0.39 is 0 Å². The summed E-state index contributed by atoms with van der Waals surface area (Å²) in [5, 5.41) is 12.6. The SMILES string of the molecule is O=C(CSc1nnc(COc2ccc(Cl)cc2)n1Cc1ccco1)Nc1ccccc1Br. The summed E-state index contributed by atoms with van der Waals surface area (Å²) >= 11 is 10.7. The number of carbonyl (C=O) groups is 1. The number of aromatic nitrogens is 3. The van der Waals surface area contributed by atoms with E-state index in [1.165, 1.54) is 11.8 Å². The summed E-state index contributed by atoms with van der Waals surface area (Å²) in [6.07, 6.45) is 1.61. The van der Waals surface area contributed by atoms with Crippen LogP contribution < -0.4 is 10.1 Å². The van der Waals surface area contributed by atoms with E-state index >= 15 is 0 Å². The van der Waals surface area contributed by atoms with Gasteiger partial charge in [-0.2, -0.15) is 0 Å². The average Bonchev–Trinajstić information content (AvgIpc) is 3.44. The highest BCUT2D eigenvalue weighted by atomic mass is 79.9. The largest absolute Gasteiger partial charge is 0.486 e. The number of rotatable bonds is 9. The number of nitrogens with zero attached hydrogens (tertiary/aromatic N) is 3. The second-order valence-electron chi connectivity index (χ2n) is 6.62. The van der Waals surface area contributed by atoms with Crippen molar-refractivity contribution in [3.63, 3.8) is 0 Å². The number of halogens is 2. The van der Waals surface area contributed by atoms with Crippen LogP contribution in [0, 0.1) is 0 Å². The summed E-state index contributed by atoms with van der Waals surface area (Å²) in [6.45, 7) is 0.632. The van der Waals surface area contributed by atoms with Gasteiger partial charge in [0, 0.05) is 9.50 Å². The minimum atomic E-state index is -0.145. The van der Waals surface area contributed by atoms with E-state index in [1.807, 2.05) is 41.0 Å². The Morgan fingerprint density at radius 1 is 1.12 bits per heavy atom. The van der Waals surface area contributed by atoms with Crippen LogP contribution in [-0.2, 0) is 17.9 Å². The first-order valence-corrected chi connectivity index (χ1v) is 11.7. The van der Waals surface area contributed by atoms with Crippen molar-refractivity contribution in [2.24, 2.45) is 0 Å². The van der Waals surface area contributed by atoms with Crippen LogP contribution >= 0.6 is 39.3 Å². The molecule has 2 aromatic heterocycles. The third-order valence-electron chi connectivity index (χ3n) is 4.35. The number of thioether (sulfide) groups is 1. The highest BCUT2D eigenvalue weighted by Crippen LogP contribution is 2.24. The molecule has 0 atom stereocenters. The Labute approximate surface area is 202 Å². The molecule has 164 valence electrons. The maximum Gasteiger partial charge on any atom is 0.234 e. The summed E-state index contributed by atoms with van der Waals surface area (Å²) in [5.41, 5.74) is 0.715. The predicted octanol–water partition coefficient (Wildman–Crippen LogP) is 5.65. The standard InChI is InChI=1S/C22H18BrClN4O3S/c23-18-5-1-2-6-19(18)25-21(29)14-32-22-27-26-20(28(22)12-17-4-3-11-30-17)13-31-16-9-7-15(24)8-10-16/h1-11H,12-14H2,(H,25,29). The molecule has 2 aromatic carbocycles. The van der Waals surface area contributed by atoms with E-state index in [-0.39, 0.29) is 18.3 Å². The van der Waals surface area contributed by atoms with Crippen molar-refractivity contribution >= 4 is 50.9 Å². The molecule has 0 aliphatic rings. The minimum absolute atomic E-state index is 0.145. The molecule has 0 saturated heterocycles. The molecule has 10 heteroatoms. The molecule has 32 heavy (non-hydrogen) atoms. The van der Waals surface area contributed by atoms with Crippen molar-refractivity contribution in [1.29, 1.82) is 0 Å². The van der Waals surface area contributed by atoms with Crippen molar-refractivity contribution < 1.29 is 13.9 Å². The van der Waals surface area contributed by atoms with E-state index in [0.717, 1.165) is 10.2 Å². The Bertz CT molecular complexity index is 1180. The third kappa shape index (κ3) is 5.93. The van der Waals surface area contributed by atoms with Crippen molar-refractivity contribution in [3.8, 4) is 5.75 Å². The van der Waals surface area contributed by atoms with E-state index in [1.54, 1.807) is 30.5 Å². The molecule has 0 spiro atoms. The normalized spacial score (nSPS) is 10.8. The smallest absolute Gasteiger partial charge is 0.234 e. The lowest BCUT2D eigenvalue weighted by Crippen LogP contribution is -2.15. The zero-order valence-corrected chi connectivity index (χ0v) is 19.9. The van der Waals surface area contributed by atoms with Crippen LogP contribution in [0.15, 0.2) is 81.0 Å². The molecule has 7 nitrogen and oxygen atoms in total. The molecule has 4 rings (SSSR count). The van der Waals surface area contributed by atoms with Crippen LogP contribution in [0.5, 0.6) is 5.75 Å². The molecule has 0 saturated carbocycles. The fourth-order valence-corrected chi connectivity index (χ4v) is 4.07. The lowest BCUT2D eigenvalue weighted by molar-refractivity contribution is -0.113. The van der Waals surface area contributed by atoms with Gasteiger partial charge in [-0.05, 0) is 64.5 Å². The topological polar surface area (TPSA) is 82.2 Å². The number of hydrogen-bond donors (Lipinski definition) is 1. The molecule has 2 heterocycles. The zero-order valence-electron chi connectivity index (χ0n) is 16.7. The van der Waals surface area contributed by atoms with Gasteiger partial charge in [0.1, 0.15) is 18.1 Å². The van der Waals surface area contributed by atoms with Gasteiger partial charge >= 0.3 is 0 Å². The zero-order chi connectivity index (χ0) is 22.3. The van der Waals surface area contributed by atoms with Gasteiger partial charge in [-0.3, -0.25) is 9.36 Å². The van der Waals surface area contributed by atoms with Gasteiger partial charge in [-0.15, -0.1) is 10.2 Å². The van der Waals surface area contributed by atoms with Gasteiger partial charge in [0.2, 0.25) is 5.91 Å². The fraction of sp³-hybridized carbons (Fsp3) is 0.136. The Morgan fingerprint density at radius 2 is 1.94 bits per heavy atom. The van der Waals surface area contributed by atoms with Gasteiger partial charge < -0.3 is 14.5 Å². The monoisotopic (exact) mass is 532 g/mol. The quantitative estimate of drug-likeness (QED) is 0.280. The Morgan fingerprint density at radius 3 is 2.69 bits per heavy atom. The summed E-state index contributed by atoms with van der Waals surface area (Å²) in [5.74, 6) is 2.06. The van der Waals surface area contributed by atoms with Gasteiger partial charge in [-0.1, -0.05) is 35.5 Å². The van der Waals surface area contributed by atoms with Crippen molar-refractivity contribution in [1.82, 2.24) is 14.8 Å². The highest BCUT2D eigenvalue weighted by molar-refractivity contribution is 9.10. The van der Waals surface area contributed by atoms with Crippen LogP contribution in [0.3, 0.4) is 0 Å². The first-order chi connectivity index (χ1) is 15.6. The number of anilines is 1. The number of para-hydroxylation sites is 1. The fourth-order valence-electron chi connectivity index (χ4n) is 2.81. The molecule has 0 aliphatic carbocycles. The van der Waals surface area contributed by atoms with Crippen LogP contribution in [0.1, 0.15) is 11.6 Å². The molecular weight excluding hydrogens is 516 g/mol. The van der Waals surface area contributed by atoms with Crippen molar-refractivity contribution in [2.75, 3.05) is 11.1 Å². The molecule has 0 bridgehead atoms. The molecular formula is C22H18BrClN4O3S. The van der Waals surface area contributed by atoms with Gasteiger partial charge in [0.25, 0.3) is 0 Å². The predicted molar refractivity (Wildman–Crippen MR) is 127 cm³/mol. The first kappa shape index (κ1) is 22.4. The second-order valence-corrected chi connectivity index (χ2v) is 8.86. The Hall–Kier alpha value is -2.75. The molecule has 4 aromatic rings. The number of hydrogen-bond acceptors (Lipinski definition) is 6.